The molecule has 196 valence electrons. The number of hydrogen-bond acceptors (Lipinski definition) is 14. The molecular weight excluding hydrogens is 488 g/mol. The van der Waals surface area contributed by atoms with E-state index in [-0.39, 0.29) is 11.1 Å². The Bertz CT molecular complexity index is 1090. The van der Waals surface area contributed by atoms with Crippen molar-refractivity contribution in [1.29, 1.82) is 0 Å². The molecule has 0 spiro atoms. The number of ether oxygens (including phenoxy) is 4. The van der Waals surface area contributed by atoms with Gasteiger partial charge in [-0.25, -0.2) is 4.79 Å². The van der Waals surface area contributed by atoms with Crippen LogP contribution in [0.4, 0.5) is 0 Å². The summed E-state index contributed by atoms with van der Waals surface area (Å²) in [6, 6.07) is 3.81. The molecular formula is C22H24O14. The number of aliphatic hydroxyl groups excluding tert-OH is 3. The summed E-state index contributed by atoms with van der Waals surface area (Å²) in [7, 11) is 0. The van der Waals surface area contributed by atoms with Gasteiger partial charge < -0.3 is 59.8 Å². The average molecular weight is 512 g/mol. The van der Waals surface area contributed by atoms with E-state index in [1.165, 1.54) is 0 Å². The normalized spacial score (nSPS) is 23.6. The molecule has 5 atom stereocenters. The first-order valence-corrected chi connectivity index (χ1v) is 10.4. The molecule has 0 amide bonds. The van der Waals surface area contributed by atoms with Gasteiger partial charge in [0.15, 0.2) is 28.7 Å². The predicted molar refractivity (Wildman–Crippen MR) is 114 cm³/mol. The van der Waals surface area contributed by atoms with Gasteiger partial charge in [-0.15, -0.1) is 0 Å². The molecule has 2 aromatic carbocycles. The second kappa shape index (κ2) is 10.7. The molecule has 14 nitrogen and oxygen atoms in total. The van der Waals surface area contributed by atoms with E-state index >= 15 is 0 Å². The molecule has 0 unspecified atom stereocenters. The summed E-state index contributed by atoms with van der Waals surface area (Å²) in [4.78, 5) is 23.2. The third kappa shape index (κ3) is 5.80. The largest absolute Gasteiger partial charge is 0.504 e. The van der Waals surface area contributed by atoms with Crippen LogP contribution in [0.5, 0.6) is 34.5 Å². The zero-order chi connectivity index (χ0) is 26.7. The topological polar surface area (TPSA) is 233 Å². The maximum Gasteiger partial charge on any atom is 0.338 e. The fourth-order valence-electron chi connectivity index (χ4n) is 3.28. The van der Waals surface area contributed by atoms with Crippen LogP contribution >= 0.6 is 0 Å². The lowest BCUT2D eigenvalue weighted by Gasteiger charge is -2.39. The maximum absolute atomic E-state index is 12.2. The number of hydrogen-bond donors (Lipinski definition) is 8. The average Bonchev–Trinajstić information content (AvgIpc) is 2.81. The molecule has 0 aliphatic carbocycles. The van der Waals surface area contributed by atoms with Crippen molar-refractivity contribution < 1.29 is 69.4 Å². The van der Waals surface area contributed by atoms with Crippen LogP contribution in [0.3, 0.4) is 0 Å². The molecule has 1 saturated heterocycles. The lowest BCUT2D eigenvalue weighted by molar-refractivity contribution is -0.278. The number of phenolic OH excluding ortho intramolecular Hbond substituents is 5. The fourth-order valence-corrected chi connectivity index (χ4v) is 3.28. The van der Waals surface area contributed by atoms with E-state index in [4.69, 9.17) is 18.9 Å². The lowest BCUT2D eigenvalue weighted by Crippen LogP contribution is -2.60. The Kier molecular flexibility index (Phi) is 7.94. The predicted octanol–water partition coefficient (Wildman–Crippen LogP) is -0.679. The van der Waals surface area contributed by atoms with E-state index < -0.39 is 90.4 Å². The summed E-state index contributed by atoms with van der Waals surface area (Å²) in [5.41, 5.74) is -0.213. The van der Waals surface area contributed by atoms with Gasteiger partial charge in [0.25, 0.3) is 0 Å². The maximum atomic E-state index is 12.2. The number of esters is 2. The zero-order valence-corrected chi connectivity index (χ0v) is 18.6. The van der Waals surface area contributed by atoms with Crippen LogP contribution in [-0.4, -0.2) is 90.1 Å². The third-order valence-corrected chi connectivity index (χ3v) is 5.14. The Hall–Kier alpha value is -3.98. The van der Waals surface area contributed by atoms with E-state index in [1.807, 2.05) is 0 Å². The minimum Gasteiger partial charge on any atom is -0.504 e. The van der Waals surface area contributed by atoms with Crippen molar-refractivity contribution in [3.05, 3.63) is 35.4 Å². The highest BCUT2D eigenvalue weighted by molar-refractivity contribution is 5.91. The van der Waals surface area contributed by atoms with Crippen LogP contribution in [0, 0.1) is 0 Å². The standard InChI is InChI=1S/C22H24O14/c1-8(23)33-7-15-17(29)18(30)19(31)22(35-15)36-20-13(26)2-9(3-14(20)27)6-34-21(32)10-4-11(24)16(28)12(25)5-10/h2-5,15,17-19,22,24-31H,6-7H2,1H3/t15-,17-,18+,19-,22+/m1/s1. The van der Waals surface area contributed by atoms with Crippen LogP contribution in [0.1, 0.15) is 22.8 Å². The molecule has 1 aliphatic rings. The minimum absolute atomic E-state index is 0.0752. The van der Waals surface area contributed by atoms with Crippen LogP contribution in [0.15, 0.2) is 24.3 Å². The van der Waals surface area contributed by atoms with Crippen molar-refractivity contribution in [2.24, 2.45) is 0 Å². The second-order valence-electron chi connectivity index (χ2n) is 7.84. The van der Waals surface area contributed by atoms with Gasteiger partial charge in [-0.1, -0.05) is 0 Å². The summed E-state index contributed by atoms with van der Waals surface area (Å²) in [6.45, 7) is 0.154. The number of carbonyl (C=O) groups is 2. The van der Waals surface area contributed by atoms with E-state index in [9.17, 15) is 50.4 Å². The number of aliphatic hydroxyl groups is 3. The molecule has 8 N–H and O–H groups in total. The molecule has 36 heavy (non-hydrogen) atoms. The van der Waals surface area contributed by atoms with E-state index in [0.29, 0.717) is 0 Å². The first-order valence-electron chi connectivity index (χ1n) is 10.4. The SMILES string of the molecule is CC(=O)OC[C@H]1O[C@@H](Oc2c(O)cc(COC(=O)c3cc(O)c(O)c(O)c3)cc2O)[C@H](O)[C@@H](O)[C@@H]1O. The van der Waals surface area contributed by atoms with Crippen molar-refractivity contribution >= 4 is 11.9 Å². The summed E-state index contributed by atoms with van der Waals surface area (Å²) in [6.07, 6.45) is -8.20. The fraction of sp³-hybridized carbons (Fsp3) is 0.364. The van der Waals surface area contributed by atoms with Gasteiger partial charge in [0.05, 0.1) is 5.56 Å². The molecule has 0 radical (unpaired) electrons. The molecule has 0 saturated carbocycles. The highest BCUT2D eigenvalue weighted by atomic mass is 16.7. The van der Waals surface area contributed by atoms with Crippen LogP contribution < -0.4 is 4.74 Å². The molecule has 0 bridgehead atoms. The number of carbonyl (C=O) groups excluding carboxylic acids is 2. The van der Waals surface area contributed by atoms with Crippen LogP contribution in [-0.2, 0) is 25.6 Å². The van der Waals surface area contributed by atoms with Crippen molar-refractivity contribution in [3.8, 4) is 34.5 Å². The number of benzene rings is 2. The van der Waals surface area contributed by atoms with Crippen LogP contribution in [0.2, 0.25) is 0 Å². The molecule has 2 aromatic rings. The molecule has 0 aromatic heterocycles. The number of phenols is 5. The van der Waals surface area contributed by atoms with Gasteiger partial charge in [-0.05, 0) is 29.8 Å². The number of rotatable bonds is 7. The monoisotopic (exact) mass is 512 g/mol. The Morgan fingerprint density at radius 3 is 1.97 bits per heavy atom. The molecule has 1 fully saturated rings. The molecule has 3 rings (SSSR count). The summed E-state index contributed by atoms with van der Waals surface area (Å²) < 4.78 is 20.4. The Balaban J connectivity index is 1.70. The Labute approximate surface area is 202 Å². The van der Waals surface area contributed by atoms with Gasteiger partial charge in [-0.2, -0.15) is 0 Å². The van der Waals surface area contributed by atoms with Gasteiger partial charge in [0.2, 0.25) is 12.0 Å². The van der Waals surface area contributed by atoms with E-state index in [0.717, 1.165) is 31.2 Å². The van der Waals surface area contributed by atoms with Crippen molar-refractivity contribution in [2.45, 2.75) is 44.2 Å². The highest BCUT2D eigenvalue weighted by Gasteiger charge is 2.46. The minimum atomic E-state index is -1.81. The van der Waals surface area contributed by atoms with E-state index in [1.54, 1.807) is 0 Å². The van der Waals surface area contributed by atoms with Gasteiger partial charge in [0.1, 0.15) is 37.6 Å². The van der Waals surface area contributed by atoms with E-state index in [2.05, 4.69) is 0 Å². The lowest BCUT2D eigenvalue weighted by atomic mass is 9.99. The van der Waals surface area contributed by atoms with Gasteiger partial charge in [0, 0.05) is 6.92 Å². The molecule has 14 heteroatoms. The van der Waals surface area contributed by atoms with Crippen molar-refractivity contribution in [2.75, 3.05) is 6.61 Å². The van der Waals surface area contributed by atoms with Crippen molar-refractivity contribution in [3.63, 3.8) is 0 Å². The summed E-state index contributed by atoms with van der Waals surface area (Å²) in [5.74, 6) is -5.93. The van der Waals surface area contributed by atoms with Gasteiger partial charge >= 0.3 is 11.9 Å². The van der Waals surface area contributed by atoms with Gasteiger partial charge in [-0.3, -0.25) is 4.79 Å². The second-order valence-corrected chi connectivity index (χ2v) is 7.84. The smallest absolute Gasteiger partial charge is 0.338 e. The molecule has 1 heterocycles. The summed E-state index contributed by atoms with van der Waals surface area (Å²) in [5, 5.41) is 79.2. The molecule has 1 aliphatic heterocycles. The first-order chi connectivity index (χ1) is 16.9. The van der Waals surface area contributed by atoms with Crippen LogP contribution in [0.25, 0.3) is 0 Å². The highest BCUT2D eigenvalue weighted by Crippen LogP contribution is 2.40. The Morgan fingerprint density at radius 2 is 1.42 bits per heavy atom. The quantitative estimate of drug-likeness (QED) is 0.170. The Morgan fingerprint density at radius 1 is 0.833 bits per heavy atom. The third-order valence-electron chi connectivity index (χ3n) is 5.14. The zero-order valence-electron chi connectivity index (χ0n) is 18.6. The van der Waals surface area contributed by atoms with Crippen molar-refractivity contribution in [1.82, 2.24) is 0 Å². The number of aromatic hydroxyl groups is 5. The summed E-state index contributed by atoms with van der Waals surface area (Å²) >= 11 is 0. The first kappa shape index (κ1) is 26.6.